The summed E-state index contributed by atoms with van der Waals surface area (Å²) >= 11 is 0. The van der Waals surface area contributed by atoms with E-state index in [1.807, 2.05) is 0 Å². The zero-order valence-electron chi connectivity index (χ0n) is 13.5. The van der Waals surface area contributed by atoms with Crippen molar-refractivity contribution in [2.45, 2.75) is 31.2 Å². The smallest absolute Gasteiger partial charge is 0.475 e. The highest BCUT2D eigenvalue weighted by atomic mass is 19.4. The Bertz CT molecular complexity index is 672. The molecule has 1 aromatic rings. The molecule has 1 saturated heterocycles. The highest BCUT2D eigenvalue weighted by molar-refractivity contribution is 5.73. The van der Waals surface area contributed by atoms with E-state index in [0.29, 0.717) is 25.9 Å². The standard InChI is InChI=1S/C12H14F3N3O2.C2HF3O2/c13-12(14,15)9-2-1-3-10(18(19)20)11(9)17-8-4-6-16-7-5-8;3-2(4,5)1(6)7/h1-3,8,16-17H,4-7H2;(H,6,7). The number of alkyl halides is 6. The second-order valence-electron chi connectivity index (χ2n) is 5.43. The third kappa shape index (κ3) is 6.92. The molecule has 1 aromatic carbocycles. The Balaban J connectivity index is 0.000000445. The van der Waals surface area contributed by atoms with Crippen molar-refractivity contribution in [2.75, 3.05) is 18.4 Å². The van der Waals surface area contributed by atoms with E-state index in [1.165, 1.54) is 0 Å². The maximum atomic E-state index is 13.0. The Labute approximate surface area is 148 Å². The molecule has 0 radical (unpaired) electrons. The lowest BCUT2D eigenvalue weighted by Gasteiger charge is -2.26. The Morgan fingerprint density at radius 2 is 1.70 bits per heavy atom. The minimum atomic E-state index is -5.08. The molecule has 0 aromatic heterocycles. The number of rotatable bonds is 3. The van der Waals surface area contributed by atoms with Crippen LogP contribution in [0.2, 0.25) is 0 Å². The number of carbonyl (C=O) groups is 1. The van der Waals surface area contributed by atoms with Crippen LogP contribution in [0, 0.1) is 10.1 Å². The van der Waals surface area contributed by atoms with Crippen molar-refractivity contribution in [3.8, 4) is 0 Å². The van der Waals surface area contributed by atoms with Crippen molar-refractivity contribution in [1.82, 2.24) is 5.32 Å². The quantitative estimate of drug-likeness (QED) is 0.406. The van der Waals surface area contributed by atoms with Crippen molar-refractivity contribution in [3.63, 3.8) is 0 Å². The summed E-state index contributed by atoms with van der Waals surface area (Å²) in [6, 6.07) is 2.79. The topological polar surface area (TPSA) is 104 Å². The third-order valence-corrected chi connectivity index (χ3v) is 3.47. The van der Waals surface area contributed by atoms with Crippen LogP contribution in [0.3, 0.4) is 0 Å². The number of anilines is 1. The van der Waals surface area contributed by atoms with E-state index in [0.717, 1.165) is 18.2 Å². The van der Waals surface area contributed by atoms with Gasteiger partial charge in [-0.1, -0.05) is 6.07 Å². The predicted molar refractivity (Wildman–Crippen MR) is 81.3 cm³/mol. The number of piperidine rings is 1. The highest BCUT2D eigenvalue weighted by Crippen LogP contribution is 2.40. The van der Waals surface area contributed by atoms with Crippen LogP contribution < -0.4 is 10.6 Å². The van der Waals surface area contributed by atoms with Gasteiger partial charge in [0.05, 0.1) is 10.5 Å². The fourth-order valence-electron chi connectivity index (χ4n) is 2.25. The van der Waals surface area contributed by atoms with Gasteiger partial charge in [0.25, 0.3) is 5.69 Å². The molecule has 0 aliphatic carbocycles. The Morgan fingerprint density at radius 1 is 1.19 bits per heavy atom. The molecular weight excluding hydrogens is 388 g/mol. The van der Waals surface area contributed by atoms with E-state index >= 15 is 0 Å². The van der Waals surface area contributed by atoms with E-state index in [9.17, 15) is 36.5 Å². The van der Waals surface area contributed by atoms with Gasteiger partial charge in [0, 0.05) is 12.1 Å². The largest absolute Gasteiger partial charge is 0.490 e. The maximum Gasteiger partial charge on any atom is 0.490 e. The molecule has 1 fully saturated rings. The molecule has 0 bridgehead atoms. The predicted octanol–water partition coefficient (Wildman–Crippen LogP) is 3.41. The molecule has 0 saturated carbocycles. The van der Waals surface area contributed by atoms with Gasteiger partial charge in [0.15, 0.2) is 0 Å². The second-order valence-corrected chi connectivity index (χ2v) is 5.43. The van der Waals surface area contributed by atoms with E-state index < -0.39 is 40.2 Å². The number of aliphatic carboxylic acids is 1. The first-order chi connectivity index (χ1) is 12.3. The van der Waals surface area contributed by atoms with Crippen LogP contribution in [-0.2, 0) is 11.0 Å². The van der Waals surface area contributed by atoms with Crippen LogP contribution in [0.1, 0.15) is 18.4 Å². The van der Waals surface area contributed by atoms with Crippen LogP contribution in [0.5, 0.6) is 0 Å². The number of para-hydroxylation sites is 1. The van der Waals surface area contributed by atoms with Gasteiger partial charge < -0.3 is 15.7 Å². The molecule has 7 nitrogen and oxygen atoms in total. The molecule has 1 aliphatic rings. The summed E-state index contributed by atoms with van der Waals surface area (Å²) in [5, 5.41) is 23.8. The summed E-state index contributed by atoms with van der Waals surface area (Å²) in [4.78, 5) is 19.0. The normalized spacial score (nSPS) is 15.5. The van der Waals surface area contributed by atoms with Crippen molar-refractivity contribution >= 4 is 17.3 Å². The van der Waals surface area contributed by atoms with E-state index in [4.69, 9.17) is 9.90 Å². The number of carboxylic acids is 1. The Hall–Kier alpha value is -2.57. The fourth-order valence-corrected chi connectivity index (χ4v) is 2.25. The van der Waals surface area contributed by atoms with E-state index in [2.05, 4.69) is 10.6 Å². The van der Waals surface area contributed by atoms with Crippen LogP contribution in [0.25, 0.3) is 0 Å². The summed E-state index contributed by atoms with van der Waals surface area (Å²) < 4.78 is 70.6. The molecular formula is C14H15F6N3O4. The lowest BCUT2D eigenvalue weighted by atomic mass is 10.0. The molecule has 0 amide bonds. The second kappa shape index (κ2) is 8.88. The number of nitro benzene ring substituents is 1. The first-order valence-electron chi connectivity index (χ1n) is 7.46. The van der Waals surface area contributed by atoms with Crippen LogP contribution in [0.15, 0.2) is 18.2 Å². The van der Waals surface area contributed by atoms with E-state index in [-0.39, 0.29) is 6.04 Å². The van der Waals surface area contributed by atoms with Crippen LogP contribution in [-0.4, -0.2) is 41.3 Å². The van der Waals surface area contributed by atoms with Crippen molar-refractivity contribution in [1.29, 1.82) is 0 Å². The number of hydrogen-bond acceptors (Lipinski definition) is 5. The summed E-state index contributed by atoms with van der Waals surface area (Å²) in [5.41, 5.74) is -1.97. The van der Waals surface area contributed by atoms with Gasteiger partial charge in [-0.15, -0.1) is 0 Å². The molecule has 13 heteroatoms. The number of nitrogens with zero attached hydrogens (tertiary/aromatic N) is 1. The average Bonchev–Trinajstić information content (AvgIpc) is 2.54. The Morgan fingerprint density at radius 3 is 2.11 bits per heavy atom. The molecule has 152 valence electrons. The number of halogens is 6. The maximum absolute atomic E-state index is 13.0. The number of nitrogens with one attached hydrogen (secondary N) is 2. The summed E-state index contributed by atoms with van der Waals surface area (Å²) in [7, 11) is 0. The van der Waals surface area contributed by atoms with Gasteiger partial charge in [0.2, 0.25) is 0 Å². The molecule has 0 spiro atoms. The van der Waals surface area contributed by atoms with Crippen LogP contribution in [0.4, 0.5) is 37.7 Å². The number of carboxylic acid groups (broad SMARTS) is 1. The van der Waals surface area contributed by atoms with Gasteiger partial charge in [-0.25, -0.2) is 4.79 Å². The lowest BCUT2D eigenvalue weighted by molar-refractivity contribution is -0.384. The third-order valence-electron chi connectivity index (χ3n) is 3.47. The lowest BCUT2D eigenvalue weighted by Crippen LogP contribution is -2.36. The molecule has 27 heavy (non-hydrogen) atoms. The molecule has 0 unspecified atom stereocenters. The Kier molecular flexibility index (Phi) is 7.39. The minimum absolute atomic E-state index is 0.196. The monoisotopic (exact) mass is 403 g/mol. The van der Waals surface area contributed by atoms with Crippen molar-refractivity contribution < 1.29 is 41.2 Å². The minimum Gasteiger partial charge on any atom is -0.475 e. The number of benzene rings is 1. The van der Waals surface area contributed by atoms with Gasteiger partial charge in [0.1, 0.15) is 5.69 Å². The molecule has 0 atom stereocenters. The fraction of sp³-hybridized carbons (Fsp3) is 0.500. The van der Waals surface area contributed by atoms with Gasteiger partial charge in [-0.3, -0.25) is 10.1 Å². The average molecular weight is 403 g/mol. The van der Waals surface area contributed by atoms with Crippen LogP contribution >= 0.6 is 0 Å². The highest BCUT2D eigenvalue weighted by Gasteiger charge is 2.38. The van der Waals surface area contributed by atoms with Crippen molar-refractivity contribution in [3.05, 3.63) is 33.9 Å². The molecule has 3 N–H and O–H groups in total. The number of hydrogen-bond donors (Lipinski definition) is 3. The first kappa shape index (κ1) is 22.5. The molecule has 1 heterocycles. The van der Waals surface area contributed by atoms with Gasteiger partial charge in [-0.05, 0) is 32.0 Å². The zero-order chi connectivity index (χ0) is 20.8. The summed E-state index contributed by atoms with van der Waals surface area (Å²) in [5.74, 6) is -2.76. The SMILES string of the molecule is O=C(O)C(F)(F)F.O=[N+]([O-])c1cccc(C(F)(F)F)c1NC1CCNCC1. The first-order valence-corrected chi connectivity index (χ1v) is 7.46. The van der Waals surface area contributed by atoms with Gasteiger partial charge >= 0.3 is 18.3 Å². The molecule has 1 aliphatic heterocycles. The summed E-state index contributed by atoms with van der Waals surface area (Å²) in [6.45, 7) is 1.36. The van der Waals surface area contributed by atoms with E-state index in [1.54, 1.807) is 0 Å². The number of nitro groups is 1. The molecule has 2 rings (SSSR count). The van der Waals surface area contributed by atoms with Gasteiger partial charge in [-0.2, -0.15) is 26.3 Å². The zero-order valence-corrected chi connectivity index (χ0v) is 13.5. The summed E-state index contributed by atoms with van der Waals surface area (Å²) in [6.07, 6.45) is -8.45. The van der Waals surface area contributed by atoms with Crippen molar-refractivity contribution in [2.24, 2.45) is 0 Å².